The summed E-state index contributed by atoms with van der Waals surface area (Å²) in [5.41, 5.74) is 5.64. The first kappa shape index (κ1) is 50.8. The highest BCUT2D eigenvalue weighted by Crippen LogP contribution is 2.35. The van der Waals surface area contributed by atoms with Gasteiger partial charge in [0.1, 0.15) is 5.82 Å². The highest BCUT2D eigenvalue weighted by Gasteiger charge is 2.33. The first-order valence-electron chi connectivity index (χ1n) is 24.7. The number of esters is 1. The number of likely N-dealkylation sites (tertiary alicyclic amines) is 1. The largest absolute Gasteiger partial charge is 0.465 e. The predicted molar refractivity (Wildman–Crippen MR) is 272 cm³/mol. The minimum absolute atomic E-state index is 0.110. The van der Waals surface area contributed by atoms with Gasteiger partial charge in [-0.1, -0.05) is 41.9 Å². The SMILES string of the molecule is COC(=O)c1ccc2c([C@@H](C)NC(=O)c3cc(C#CCNC(C)=O)ccc3C)ccc(C#CC3CCN(CCCCC(=O)N4CCN(c5cc6c(cc5F)c(C5CCC(=O)NC5=O)nn6C)CC4)CC3)c2c1. The molecule has 72 heavy (non-hydrogen) atoms. The molecule has 3 fully saturated rings. The van der Waals surface area contributed by atoms with E-state index in [-0.39, 0.29) is 42.5 Å². The normalized spacial score (nSPS) is 16.8. The van der Waals surface area contributed by atoms with E-state index in [0.29, 0.717) is 78.0 Å². The summed E-state index contributed by atoms with van der Waals surface area (Å²) in [4.78, 5) is 81.3. The minimum atomic E-state index is -0.616. The number of carbonyl (C=O) groups is 6. The van der Waals surface area contributed by atoms with E-state index in [2.05, 4.69) is 49.6 Å². The molecule has 4 aromatic carbocycles. The second-order valence-electron chi connectivity index (χ2n) is 18.9. The molecule has 5 amide bonds. The molecule has 4 heterocycles. The second kappa shape index (κ2) is 22.7. The van der Waals surface area contributed by atoms with Gasteiger partial charge in [0.25, 0.3) is 5.91 Å². The molecule has 0 radical (unpaired) electrons. The van der Waals surface area contributed by atoms with Crippen LogP contribution >= 0.6 is 0 Å². The van der Waals surface area contributed by atoms with Gasteiger partial charge >= 0.3 is 5.97 Å². The number of rotatable bonds is 12. The number of piperidine rings is 2. The average Bonchev–Trinajstić information content (AvgIpc) is 3.69. The van der Waals surface area contributed by atoms with Crippen molar-refractivity contribution in [1.29, 1.82) is 0 Å². The molecular weight excluding hydrogens is 916 g/mol. The molecule has 2 atom stereocenters. The van der Waals surface area contributed by atoms with Gasteiger partial charge in [0.15, 0.2) is 0 Å². The molecule has 0 saturated carbocycles. The standard InChI is InChI=1S/C56H61FN8O7/c1-35-11-12-39(9-8-23-58-37(3)66)31-45(35)55(70)59-36(2)42-17-15-40(46-32-41(56(71)72-5)16-18-43(42)46)14-13-38-21-25-63(26-22-38)24-7-6-10-52(68)65-29-27-64(28-30-65)50-34-49-47(33-48(50)57)53(61-62(49)4)44-19-20-51(67)60-54(44)69/h11-12,15-18,31-34,36,38,44H,6-7,10,19-30H2,1-5H3,(H,58,66)(H,59,70)(H,60,67,69)/t36-,44?/m1/s1. The number of piperazine rings is 1. The van der Waals surface area contributed by atoms with Crippen LogP contribution in [0.15, 0.2) is 60.7 Å². The van der Waals surface area contributed by atoms with Gasteiger partial charge in [-0.15, -0.1) is 0 Å². The molecule has 3 aliphatic heterocycles. The fourth-order valence-electron chi connectivity index (χ4n) is 9.91. The maximum absolute atomic E-state index is 15.7. The van der Waals surface area contributed by atoms with Gasteiger partial charge in [0, 0.05) is 81.0 Å². The van der Waals surface area contributed by atoms with E-state index in [0.717, 1.165) is 72.8 Å². The van der Waals surface area contributed by atoms with E-state index in [1.165, 1.54) is 20.1 Å². The number of aromatic nitrogens is 2. The average molecular weight is 977 g/mol. The number of unbranched alkanes of at least 4 members (excludes halogenated alkanes) is 1. The van der Waals surface area contributed by atoms with Crippen molar-refractivity contribution in [2.24, 2.45) is 13.0 Å². The van der Waals surface area contributed by atoms with E-state index in [1.54, 1.807) is 36.0 Å². The minimum Gasteiger partial charge on any atom is -0.465 e. The van der Waals surface area contributed by atoms with Crippen molar-refractivity contribution in [2.75, 3.05) is 64.4 Å². The Morgan fingerprint density at radius 2 is 1.68 bits per heavy atom. The lowest BCUT2D eigenvalue weighted by Gasteiger charge is -2.36. The molecule has 0 aliphatic carbocycles. The van der Waals surface area contributed by atoms with E-state index in [1.807, 2.05) is 54.0 Å². The zero-order valence-electron chi connectivity index (χ0n) is 41.6. The Kier molecular flexibility index (Phi) is 16.0. The molecule has 3 aliphatic rings. The molecule has 0 spiro atoms. The number of carbonyl (C=O) groups excluding carboxylic acids is 6. The summed E-state index contributed by atoms with van der Waals surface area (Å²) >= 11 is 0. The van der Waals surface area contributed by atoms with Crippen LogP contribution in [0.1, 0.15) is 119 Å². The number of hydrogen-bond donors (Lipinski definition) is 3. The zero-order chi connectivity index (χ0) is 51.1. The number of amides is 5. The number of hydrogen-bond acceptors (Lipinski definition) is 10. The van der Waals surface area contributed by atoms with Crippen molar-refractivity contribution >= 4 is 62.9 Å². The van der Waals surface area contributed by atoms with Gasteiger partial charge in [-0.25, -0.2) is 9.18 Å². The molecule has 8 rings (SSSR count). The third-order valence-corrected chi connectivity index (χ3v) is 14.0. The van der Waals surface area contributed by atoms with Gasteiger partial charge in [-0.05, 0) is 130 Å². The van der Waals surface area contributed by atoms with E-state index in [9.17, 15) is 28.8 Å². The molecule has 1 unspecified atom stereocenters. The van der Waals surface area contributed by atoms with Crippen molar-refractivity contribution in [1.82, 2.24) is 35.5 Å². The van der Waals surface area contributed by atoms with E-state index in [4.69, 9.17) is 4.74 Å². The van der Waals surface area contributed by atoms with Gasteiger partial charge < -0.3 is 30.1 Å². The molecular formula is C56H61FN8O7. The van der Waals surface area contributed by atoms with Crippen LogP contribution < -0.4 is 20.9 Å². The van der Waals surface area contributed by atoms with Crippen molar-refractivity contribution in [3.8, 4) is 23.7 Å². The summed E-state index contributed by atoms with van der Waals surface area (Å²) in [6, 6.07) is 17.6. The lowest BCUT2D eigenvalue weighted by Crippen LogP contribution is -2.49. The molecule has 0 bridgehead atoms. The number of halogens is 1. The fourth-order valence-corrected chi connectivity index (χ4v) is 9.91. The number of ether oxygens (including phenoxy) is 1. The Morgan fingerprint density at radius 3 is 2.42 bits per heavy atom. The van der Waals surface area contributed by atoms with Crippen LogP contribution in [0.2, 0.25) is 0 Å². The Bertz CT molecular complexity index is 3070. The Labute approximate surface area is 419 Å². The van der Waals surface area contributed by atoms with E-state index >= 15 is 4.39 Å². The number of benzene rings is 4. The van der Waals surface area contributed by atoms with Crippen LogP contribution in [-0.2, 0) is 31.0 Å². The van der Waals surface area contributed by atoms with Crippen LogP contribution in [0, 0.1) is 42.3 Å². The highest BCUT2D eigenvalue weighted by molar-refractivity contribution is 6.03. The molecule has 1 aromatic heterocycles. The monoisotopic (exact) mass is 976 g/mol. The Morgan fingerprint density at radius 1 is 0.903 bits per heavy atom. The van der Waals surface area contributed by atoms with Crippen LogP contribution in [0.3, 0.4) is 0 Å². The molecule has 3 saturated heterocycles. The summed E-state index contributed by atoms with van der Waals surface area (Å²) in [6.45, 7) is 10.1. The van der Waals surface area contributed by atoms with Gasteiger partial charge in [0.05, 0.1) is 48.1 Å². The first-order chi connectivity index (χ1) is 34.7. The third-order valence-electron chi connectivity index (χ3n) is 14.0. The number of nitrogens with one attached hydrogen (secondary N) is 3. The van der Waals surface area contributed by atoms with Crippen LogP contribution in [0.25, 0.3) is 21.7 Å². The molecule has 15 nitrogen and oxygen atoms in total. The lowest BCUT2D eigenvalue weighted by atomic mass is 9.92. The van der Waals surface area contributed by atoms with Gasteiger partial charge in [-0.2, -0.15) is 5.10 Å². The zero-order valence-corrected chi connectivity index (χ0v) is 41.6. The fraction of sp³-hybridized carbons (Fsp3) is 0.411. The van der Waals surface area contributed by atoms with Gasteiger partial charge in [-0.3, -0.25) is 34.0 Å². The number of fused-ring (bicyclic) bond motifs is 2. The maximum atomic E-state index is 15.7. The number of aryl methyl sites for hydroxylation is 2. The number of anilines is 1. The van der Waals surface area contributed by atoms with Crippen molar-refractivity contribution < 1.29 is 37.9 Å². The quantitative estimate of drug-likeness (QED) is 0.0579. The van der Waals surface area contributed by atoms with Crippen molar-refractivity contribution in [3.63, 3.8) is 0 Å². The maximum Gasteiger partial charge on any atom is 0.337 e. The topological polar surface area (TPSA) is 175 Å². The number of nitrogens with zero attached hydrogens (tertiary/aromatic N) is 5. The highest BCUT2D eigenvalue weighted by atomic mass is 19.1. The first-order valence-corrected chi connectivity index (χ1v) is 24.7. The molecule has 5 aromatic rings. The predicted octanol–water partition coefficient (Wildman–Crippen LogP) is 6.04. The Hall–Kier alpha value is -7.56. The third kappa shape index (κ3) is 11.8. The molecule has 3 N–H and O–H groups in total. The summed E-state index contributed by atoms with van der Waals surface area (Å²) in [5, 5.41) is 14.9. The Balaban J connectivity index is 0.814. The number of imide groups is 1. The van der Waals surface area contributed by atoms with Crippen LogP contribution in [0.4, 0.5) is 10.1 Å². The molecule has 374 valence electrons. The lowest BCUT2D eigenvalue weighted by molar-refractivity contribution is -0.134. The molecule has 16 heteroatoms. The summed E-state index contributed by atoms with van der Waals surface area (Å²) in [5.74, 6) is 10.6. The van der Waals surface area contributed by atoms with Crippen LogP contribution in [-0.4, -0.2) is 115 Å². The second-order valence-corrected chi connectivity index (χ2v) is 18.9. The van der Waals surface area contributed by atoms with Crippen molar-refractivity contribution in [3.05, 3.63) is 106 Å². The van der Waals surface area contributed by atoms with Crippen molar-refractivity contribution in [2.45, 2.75) is 77.7 Å². The summed E-state index contributed by atoms with van der Waals surface area (Å²) in [6.07, 6.45) is 4.52. The van der Waals surface area contributed by atoms with Crippen LogP contribution in [0.5, 0.6) is 0 Å². The summed E-state index contributed by atoms with van der Waals surface area (Å²) < 4.78 is 22.4. The number of methoxy groups -OCH3 is 1. The van der Waals surface area contributed by atoms with Gasteiger partial charge in [0.2, 0.25) is 23.6 Å². The summed E-state index contributed by atoms with van der Waals surface area (Å²) in [7, 11) is 3.11. The smallest absolute Gasteiger partial charge is 0.337 e. The van der Waals surface area contributed by atoms with E-state index < -0.39 is 29.7 Å².